The first-order chi connectivity index (χ1) is 15.3. The normalized spacial score (nSPS) is 22.2. The fourth-order valence-electron chi connectivity index (χ4n) is 3.76. The number of sulfone groups is 1. The van der Waals surface area contributed by atoms with Gasteiger partial charge in [-0.15, -0.1) is 0 Å². The number of hydrogen-bond donors (Lipinski definition) is 0. The van der Waals surface area contributed by atoms with Crippen LogP contribution in [0, 0.1) is 0 Å². The molecule has 1 aromatic heterocycles. The zero-order valence-corrected chi connectivity index (χ0v) is 18.2. The number of benzene rings is 1. The van der Waals surface area contributed by atoms with Gasteiger partial charge in [-0.25, -0.2) is 13.4 Å². The van der Waals surface area contributed by atoms with Crippen molar-refractivity contribution in [1.29, 1.82) is 0 Å². The van der Waals surface area contributed by atoms with Crippen molar-refractivity contribution in [2.45, 2.75) is 54.3 Å². The minimum absolute atomic E-state index is 0.0331. The van der Waals surface area contributed by atoms with Gasteiger partial charge in [0.1, 0.15) is 18.1 Å². The van der Waals surface area contributed by atoms with Crippen molar-refractivity contribution in [3.05, 3.63) is 53.9 Å². The molecule has 0 amide bonds. The van der Waals surface area contributed by atoms with Crippen molar-refractivity contribution in [3.63, 3.8) is 0 Å². The monoisotopic (exact) mass is 497 g/mol. The maximum Gasteiger partial charge on any atom is 0.433 e. The van der Waals surface area contributed by atoms with Crippen LogP contribution in [0.15, 0.2) is 47.5 Å². The molecule has 2 heterocycles. The Kier molecular flexibility index (Phi) is 6.99. The molecule has 2 unspecified atom stereocenters. The third kappa shape index (κ3) is 5.43. The van der Waals surface area contributed by atoms with Crippen LogP contribution < -0.4 is 4.74 Å². The molecular weight excluding hydrogens is 476 g/mol. The molecule has 0 radical (unpaired) electrons. The Bertz CT molecular complexity index is 1070. The van der Waals surface area contributed by atoms with E-state index in [1.54, 1.807) is 6.92 Å². The van der Waals surface area contributed by atoms with E-state index in [-0.39, 0.29) is 38.2 Å². The molecular formula is C21H21F6NO4S. The highest BCUT2D eigenvalue weighted by molar-refractivity contribution is 7.92. The van der Waals surface area contributed by atoms with Gasteiger partial charge in [0.25, 0.3) is 0 Å². The van der Waals surface area contributed by atoms with Crippen LogP contribution in [0.1, 0.15) is 37.4 Å². The van der Waals surface area contributed by atoms with E-state index in [4.69, 9.17) is 9.47 Å². The Hall–Kier alpha value is -2.34. The summed E-state index contributed by atoms with van der Waals surface area (Å²) in [6, 6.07) is 5.46. The van der Waals surface area contributed by atoms with Gasteiger partial charge in [-0.3, -0.25) is 0 Å². The second-order valence-corrected chi connectivity index (χ2v) is 10.0. The number of ether oxygens (including phenoxy) is 2. The van der Waals surface area contributed by atoms with Gasteiger partial charge in [-0.2, -0.15) is 26.3 Å². The topological polar surface area (TPSA) is 65.5 Å². The average molecular weight is 497 g/mol. The molecule has 3 rings (SSSR count). The van der Waals surface area contributed by atoms with E-state index in [2.05, 4.69) is 4.98 Å². The SMILES string of the molecule is CCC1(S(=O)(=O)c2cccc(C(F)(F)F)c2)CCOC(COc2ccc(C(F)(F)F)nc2)C1. The van der Waals surface area contributed by atoms with E-state index < -0.39 is 49.2 Å². The smallest absolute Gasteiger partial charge is 0.433 e. The molecule has 1 saturated heterocycles. The lowest BCUT2D eigenvalue weighted by Crippen LogP contribution is -2.48. The van der Waals surface area contributed by atoms with Gasteiger partial charge in [-0.1, -0.05) is 13.0 Å². The van der Waals surface area contributed by atoms with E-state index in [0.717, 1.165) is 36.5 Å². The number of rotatable bonds is 6. The molecule has 2 atom stereocenters. The number of nitrogens with zero attached hydrogens (tertiary/aromatic N) is 1. The molecule has 1 aliphatic heterocycles. The average Bonchev–Trinajstić information content (AvgIpc) is 2.77. The summed E-state index contributed by atoms with van der Waals surface area (Å²) in [5.41, 5.74) is -2.14. The van der Waals surface area contributed by atoms with Crippen molar-refractivity contribution in [2.75, 3.05) is 13.2 Å². The molecule has 0 saturated carbocycles. The van der Waals surface area contributed by atoms with E-state index >= 15 is 0 Å². The Morgan fingerprint density at radius 1 is 1.12 bits per heavy atom. The molecule has 5 nitrogen and oxygen atoms in total. The summed E-state index contributed by atoms with van der Waals surface area (Å²) >= 11 is 0. The highest BCUT2D eigenvalue weighted by Crippen LogP contribution is 2.41. The third-order valence-corrected chi connectivity index (χ3v) is 8.33. The lowest BCUT2D eigenvalue weighted by molar-refractivity contribution is -0.141. The minimum atomic E-state index is -4.69. The Labute approximate surface area is 186 Å². The summed E-state index contributed by atoms with van der Waals surface area (Å²) in [5.74, 6) is 0.0417. The first kappa shape index (κ1) is 25.3. The van der Waals surface area contributed by atoms with Gasteiger partial charge in [-0.05, 0) is 49.6 Å². The highest BCUT2D eigenvalue weighted by atomic mass is 32.2. The van der Waals surface area contributed by atoms with Crippen LogP contribution in [0.25, 0.3) is 0 Å². The fourth-order valence-corrected chi connectivity index (χ4v) is 5.94. The lowest BCUT2D eigenvalue weighted by Gasteiger charge is -2.39. The first-order valence-electron chi connectivity index (χ1n) is 9.98. The first-order valence-corrected chi connectivity index (χ1v) is 11.5. The highest BCUT2D eigenvalue weighted by Gasteiger charge is 2.48. The van der Waals surface area contributed by atoms with E-state index in [9.17, 15) is 34.8 Å². The van der Waals surface area contributed by atoms with Gasteiger partial charge in [0.2, 0.25) is 0 Å². The molecule has 0 bridgehead atoms. The van der Waals surface area contributed by atoms with Crippen molar-refractivity contribution < 1.29 is 44.2 Å². The molecule has 12 heteroatoms. The standard InChI is InChI=1S/C21H21F6NO4S/c1-2-19(33(29,30)17-5-3-4-14(10-17)20(22,23)24)8-9-31-16(11-19)13-32-15-6-7-18(28-12-15)21(25,26)27/h3-7,10,12,16H,2,8-9,11,13H2,1H3. The molecule has 182 valence electrons. The number of alkyl halides is 6. The zero-order valence-electron chi connectivity index (χ0n) is 17.4. The maximum absolute atomic E-state index is 13.4. The van der Waals surface area contributed by atoms with E-state index in [1.165, 1.54) is 0 Å². The number of hydrogen-bond acceptors (Lipinski definition) is 5. The molecule has 1 aliphatic rings. The molecule has 2 aromatic rings. The Balaban J connectivity index is 1.77. The predicted molar refractivity (Wildman–Crippen MR) is 105 cm³/mol. The Morgan fingerprint density at radius 3 is 2.42 bits per heavy atom. The van der Waals surface area contributed by atoms with Crippen molar-refractivity contribution in [2.24, 2.45) is 0 Å². The van der Waals surface area contributed by atoms with Crippen LogP contribution in [0.5, 0.6) is 5.75 Å². The van der Waals surface area contributed by atoms with E-state index in [1.807, 2.05) is 0 Å². The van der Waals surface area contributed by atoms with Crippen LogP contribution in [0.3, 0.4) is 0 Å². The second kappa shape index (κ2) is 9.13. The summed E-state index contributed by atoms with van der Waals surface area (Å²) < 4.78 is 114. The van der Waals surface area contributed by atoms with Crippen molar-refractivity contribution >= 4 is 9.84 Å². The van der Waals surface area contributed by atoms with Crippen LogP contribution in [-0.2, 0) is 26.9 Å². The van der Waals surface area contributed by atoms with E-state index in [0.29, 0.717) is 6.07 Å². The number of halogens is 6. The van der Waals surface area contributed by atoms with Crippen LogP contribution in [0.2, 0.25) is 0 Å². The Morgan fingerprint density at radius 2 is 1.85 bits per heavy atom. The van der Waals surface area contributed by atoms with Crippen LogP contribution >= 0.6 is 0 Å². The van der Waals surface area contributed by atoms with Crippen LogP contribution in [0.4, 0.5) is 26.3 Å². The van der Waals surface area contributed by atoms with Gasteiger partial charge in [0.05, 0.1) is 27.5 Å². The van der Waals surface area contributed by atoms with Crippen molar-refractivity contribution in [1.82, 2.24) is 4.98 Å². The lowest BCUT2D eigenvalue weighted by atomic mass is 9.92. The summed E-state index contributed by atoms with van der Waals surface area (Å²) in [7, 11) is -4.17. The van der Waals surface area contributed by atoms with Crippen molar-refractivity contribution in [3.8, 4) is 5.75 Å². The number of aromatic nitrogens is 1. The molecule has 33 heavy (non-hydrogen) atoms. The largest absolute Gasteiger partial charge is 0.489 e. The summed E-state index contributed by atoms with van der Waals surface area (Å²) in [5, 5.41) is 0. The molecule has 1 fully saturated rings. The van der Waals surface area contributed by atoms with Gasteiger partial charge in [0, 0.05) is 6.61 Å². The zero-order chi connectivity index (χ0) is 24.5. The van der Waals surface area contributed by atoms with Gasteiger partial charge >= 0.3 is 12.4 Å². The molecule has 0 N–H and O–H groups in total. The van der Waals surface area contributed by atoms with Gasteiger partial charge in [0.15, 0.2) is 9.84 Å². The fraction of sp³-hybridized carbons (Fsp3) is 0.476. The number of pyridine rings is 1. The minimum Gasteiger partial charge on any atom is -0.489 e. The second-order valence-electron chi connectivity index (χ2n) is 7.70. The molecule has 0 aliphatic carbocycles. The maximum atomic E-state index is 13.4. The predicted octanol–water partition coefficient (Wildman–Crippen LogP) is 5.30. The quantitative estimate of drug-likeness (QED) is 0.507. The summed E-state index contributed by atoms with van der Waals surface area (Å²) in [6.07, 6.45) is -8.94. The molecule has 1 aromatic carbocycles. The van der Waals surface area contributed by atoms with Gasteiger partial charge < -0.3 is 9.47 Å². The molecule has 0 spiro atoms. The summed E-state index contributed by atoms with van der Waals surface area (Å²) in [6.45, 7) is 1.51. The van der Waals surface area contributed by atoms with Crippen LogP contribution in [-0.4, -0.2) is 37.5 Å². The third-order valence-electron chi connectivity index (χ3n) is 5.66. The summed E-state index contributed by atoms with van der Waals surface area (Å²) in [4.78, 5) is 2.86.